The van der Waals surface area contributed by atoms with Gasteiger partial charge in [0, 0.05) is 55.6 Å². The van der Waals surface area contributed by atoms with Crippen molar-refractivity contribution in [3.63, 3.8) is 0 Å². The summed E-state index contributed by atoms with van der Waals surface area (Å²) in [7, 11) is 1.66. The lowest BCUT2D eigenvalue weighted by Crippen LogP contribution is -2.22. The number of hydrogen-bond acceptors (Lipinski definition) is 5. The van der Waals surface area contributed by atoms with Gasteiger partial charge in [0.2, 0.25) is 0 Å². The first-order chi connectivity index (χ1) is 15.8. The van der Waals surface area contributed by atoms with Crippen molar-refractivity contribution >= 4 is 5.97 Å². The van der Waals surface area contributed by atoms with E-state index in [0.717, 1.165) is 40.3 Å². The Kier molecular flexibility index (Phi) is 8.11. The highest BCUT2D eigenvalue weighted by molar-refractivity contribution is 5.88. The molecule has 7 nitrogen and oxygen atoms in total. The predicted molar refractivity (Wildman–Crippen MR) is 127 cm³/mol. The summed E-state index contributed by atoms with van der Waals surface area (Å²) < 4.78 is 18.2. The number of aromatic carboxylic acids is 1. The number of benzene rings is 1. The van der Waals surface area contributed by atoms with E-state index in [2.05, 4.69) is 20.8 Å². The van der Waals surface area contributed by atoms with E-state index in [-0.39, 0.29) is 5.56 Å². The van der Waals surface area contributed by atoms with Gasteiger partial charge in [-0.2, -0.15) is 0 Å². The van der Waals surface area contributed by atoms with Gasteiger partial charge in [-0.25, -0.2) is 4.79 Å². The van der Waals surface area contributed by atoms with Gasteiger partial charge < -0.3 is 23.6 Å². The molecule has 0 saturated heterocycles. The van der Waals surface area contributed by atoms with Crippen LogP contribution in [0.5, 0.6) is 5.75 Å². The lowest BCUT2D eigenvalue weighted by atomic mass is 9.92. The van der Waals surface area contributed by atoms with Gasteiger partial charge in [0.05, 0.1) is 24.8 Å². The third-order valence-electron chi connectivity index (χ3n) is 5.04. The minimum Gasteiger partial charge on any atom is -0.493 e. The molecule has 3 aromatic rings. The molecule has 1 N–H and O–H groups in total. The van der Waals surface area contributed by atoms with Crippen molar-refractivity contribution in [2.24, 2.45) is 5.92 Å². The molecule has 3 heterocycles. The number of carboxylic acid groups (broad SMARTS) is 1. The van der Waals surface area contributed by atoms with Crippen LogP contribution in [0.15, 0.2) is 52.2 Å². The fraction of sp³-hybridized carbons (Fsp3) is 0.385. The molecule has 0 bridgehead atoms. The Morgan fingerprint density at radius 3 is 2.58 bits per heavy atom. The summed E-state index contributed by atoms with van der Waals surface area (Å²) >= 11 is 0. The molecular formula is C26H31NO6. The molecule has 7 heteroatoms. The molecule has 0 spiro atoms. The molecule has 0 saturated carbocycles. The summed E-state index contributed by atoms with van der Waals surface area (Å²) in [6.07, 6.45) is 6.16. The number of furan rings is 1. The fourth-order valence-electron chi connectivity index (χ4n) is 3.61. The van der Waals surface area contributed by atoms with Gasteiger partial charge >= 0.3 is 5.97 Å². The van der Waals surface area contributed by atoms with Crippen LogP contribution in [0, 0.1) is 5.92 Å². The van der Waals surface area contributed by atoms with Crippen molar-refractivity contribution in [1.29, 1.82) is 0 Å². The van der Waals surface area contributed by atoms with Crippen molar-refractivity contribution in [3.05, 3.63) is 64.3 Å². The second kappa shape index (κ2) is 11.0. The number of aryl methyl sites for hydroxylation is 2. The summed E-state index contributed by atoms with van der Waals surface area (Å²) in [5.74, 6) is 0.370. The van der Waals surface area contributed by atoms with Gasteiger partial charge in [-0.05, 0) is 36.1 Å². The fourth-order valence-corrected chi connectivity index (χ4v) is 3.61. The standard InChI is InChI=1S/C22H21NO6.C4H10/c1-27-6-2-7-29-21-9-14-3-5-23-12-18(22(25)26)20(24)11-19(23)16(14)10-17(21)15-4-8-28-13-15;1-4(2)3/h4,8-13H,2-3,5-7H2,1H3,(H,25,26);4H,1-3H3. The van der Waals surface area contributed by atoms with E-state index in [1.165, 1.54) is 12.3 Å². The molecule has 0 radical (unpaired) electrons. The highest BCUT2D eigenvalue weighted by Gasteiger charge is 2.22. The third-order valence-corrected chi connectivity index (χ3v) is 5.04. The number of rotatable bonds is 7. The lowest BCUT2D eigenvalue weighted by Gasteiger charge is -2.24. The molecule has 0 atom stereocenters. The Bertz CT molecular complexity index is 1140. The number of nitrogens with zero attached hydrogens (tertiary/aromatic N) is 1. The number of fused-ring (bicyclic) bond motifs is 3. The molecule has 0 amide bonds. The van der Waals surface area contributed by atoms with Crippen molar-refractivity contribution in [1.82, 2.24) is 4.57 Å². The first-order valence-corrected chi connectivity index (χ1v) is 11.1. The van der Waals surface area contributed by atoms with E-state index < -0.39 is 11.4 Å². The normalized spacial score (nSPS) is 11.9. The summed E-state index contributed by atoms with van der Waals surface area (Å²) in [5, 5.41) is 9.24. The molecule has 0 aliphatic carbocycles. The molecule has 176 valence electrons. The SMILES string of the molecule is CC(C)C.COCCCOc1cc2c(cc1-c1ccoc1)-c1cc(=O)c(C(=O)O)cn1CC2. The van der Waals surface area contributed by atoms with Crippen molar-refractivity contribution in [2.45, 2.75) is 40.2 Å². The molecule has 1 aromatic carbocycles. The molecule has 1 aliphatic heterocycles. The average molecular weight is 454 g/mol. The average Bonchev–Trinajstić information content (AvgIpc) is 3.30. The zero-order chi connectivity index (χ0) is 24.0. The summed E-state index contributed by atoms with van der Waals surface area (Å²) in [5.41, 5.74) is 3.67. The van der Waals surface area contributed by atoms with Crippen LogP contribution in [0.25, 0.3) is 22.4 Å². The number of ether oxygens (including phenoxy) is 2. The van der Waals surface area contributed by atoms with Crippen molar-refractivity contribution < 1.29 is 23.8 Å². The molecule has 2 aromatic heterocycles. The van der Waals surface area contributed by atoms with E-state index in [1.807, 2.05) is 22.8 Å². The Balaban J connectivity index is 0.000000709. The molecule has 33 heavy (non-hydrogen) atoms. The quantitative estimate of drug-likeness (QED) is 0.500. The van der Waals surface area contributed by atoms with Crippen LogP contribution in [0.2, 0.25) is 0 Å². The molecule has 0 unspecified atom stereocenters. The van der Waals surface area contributed by atoms with Crippen LogP contribution in [0.1, 0.15) is 43.1 Å². The Morgan fingerprint density at radius 1 is 1.18 bits per heavy atom. The third kappa shape index (κ3) is 5.93. The number of hydrogen-bond donors (Lipinski definition) is 1. The lowest BCUT2D eigenvalue weighted by molar-refractivity contribution is 0.0694. The summed E-state index contributed by atoms with van der Waals surface area (Å²) in [6.45, 7) is 8.24. The monoisotopic (exact) mass is 453 g/mol. The zero-order valence-electron chi connectivity index (χ0n) is 19.6. The zero-order valence-corrected chi connectivity index (χ0v) is 19.6. The van der Waals surface area contributed by atoms with Gasteiger partial charge in [-0.15, -0.1) is 0 Å². The van der Waals surface area contributed by atoms with Crippen molar-refractivity contribution in [2.75, 3.05) is 20.3 Å². The smallest absolute Gasteiger partial charge is 0.341 e. The largest absolute Gasteiger partial charge is 0.493 e. The number of carboxylic acids is 1. The number of pyridine rings is 1. The molecule has 1 aliphatic rings. The highest BCUT2D eigenvalue weighted by atomic mass is 16.5. The van der Waals surface area contributed by atoms with Gasteiger partial charge in [-0.1, -0.05) is 20.8 Å². The summed E-state index contributed by atoms with van der Waals surface area (Å²) in [6, 6.07) is 7.24. The maximum absolute atomic E-state index is 12.3. The van der Waals surface area contributed by atoms with E-state index in [9.17, 15) is 14.7 Å². The minimum atomic E-state index is -1.21. The van der Waals surface area contributed by atoms with Crippen LogP contribution in [-0.4, -0.2) is 36.0 Å². The van der Waals surface area contributed by atoms with Crippen LogP contribution < -0.4 is 10.2 Å². The van der Waals surface area contributed by atoms with Crippen LogP contribution in [0.3, 0.4) is 0 Å². The highest BCUT2D eigenvalue weighted by Crippen LogP contribution is 2.39. The van der Waals surface area contributed by atoms with Gasteiger partial charge in [-0.3, -0.25) is 4.79 Å². The van der Waals surface area contributed by atoms with Crippen LogP contribution >= 0.6 is 0 Å². The topological polar surface area (TPSA) is 90.9 Å². The Hall–Kier alpha value is -3.32. The minimum absolute atomic E-state index is 0.217. The Labute approximate surface area is 193 Å². The van der Waals surface area contributed by atoms with Gasteiger partial charge in [0.25, 0.3) is 0 Å². The van der Waals surface area contributed by atoms with Gasteiger partial charge in [0.15, 0.2) is 5.43 Å². The van der Waals surface area contributed by atoms with Gasteiger partial charge in [0.1, 0.15) is 11.3 Å². The van der Waals surface area contributed by atoms with E-state index in [1.54, 1.807) is 19.6 Å². The first kappa shape index (κ1) is 24.3. The second-order valence-corrected chi connectivity index (χ2v) is 8.63. The molecule has 0 fully saturated rings. The first-order valence-electron chi connectivity index (χ1n) is 11.1. The number of aromatic nitrogens is 1. The van der Waals surface area contributed by atoms with Crippen molar-refractivity contribution in [3.8, 4) is 28.1 Å². The van der Waals surface area contributed by atoms with E-state index in [0.29, 0.717) is 31.9 Å². The van der Waals surface area contributed by atoms with Crippen LogP contribution in [0.4, 0.5) is 0 Å². The van der Waals surface area contributed by atoms with Crippen LogP contribution in [-0.2, 0) is 17.7 Å². The number of methoxy groups -OCH3 is 1. The number of carbonyl (C=O) groups is 1. The maximum atomic E-state index is 12.3. The Morgan fingerprint density at radius 2 is 1.94 bits per heavy atom. The van der Waals surface area contributed by atoms with E-state index in [4.69, 9.17) is 13.9 Å². The summed E-state index contributed by atoms with van der Waals surface area (Å²) in [4.78, 5) is 23.6. The molecular weight excluding hydrogens is 422 g/mol. The maximum Gasteiger partial charge on any atom is 0.341 e. The predicted octanol–water partition coefficient (Wildman–Crippen LogP) is 5.11. The van der Waals surface area contributed by atoms with E-state index >= 15 is 0 Å². The second-order valence-electron chi connectivity index (χ2n) is 8.63. The molecule has 4 rings (SSSR count).